The minimum Gasteiger partial charge on any atom is -0.462 e. The molecule has 0 aliphatic heterocycles. The Hall–Kier alpha value is -1.72. The van der Waals surface area contributed by atoms with Crippen LogP contribution in [0.25, 0.3) is 0 Å². The summed E-state index contributed by atoms with van der Waals surface area (Å²) in [6, 6.07) is 7.21. The van der Waals surface area contributed by atoms with E-state index < -0.39 is 11.6 Å². The van der Waals surface area contributed by atoms with Gasteiger partial charge in [-0.15, -0.1) is 0 Å². The molecule has 1 atom stereocenters. The van der Waals surface area contributed by atoms with E-state index in [0.717, 1.165) is 19.0 Å². The second-order valence-electron chi connectivity index (χ2n) is 4.80. The molecule has 114 valence electrons. The predicted molar refractivity (Wildman–Crippen MR) is 75.9 cm³/mol. The Kier molecular flexibility index (Phi) is 5.47. The monoisotopic (exact) mass is 295 g/mol. The maximum absolute atomic E-state index is 13.5. The van der Waals surface area contributed by atoms with E-state index in [4.69, 9.17) is 9.15 Å². The van der Waals surface area contributed by atoms with Crippen LogP contribution in [0.4, 0.5) is 8.78 Å². The topological polar surface area (TPSA) is 34.4 Å². The van der Waals surface area contributed by atoms with Crippen LogP contribution in [0.2, 0.25) is 0 Å². The zero-order valence-electron chi connectivity index (χ0n) is 12.2. The molecule has 0 amide bonds. The quantitative estimate of drug-likeness (QED) is 0.844. The summed E-state index contributed by atoms with van der Waals surface area (Å²) in [6.07, 6.45) is 0.922. The first-order chi connectivity index (χ1) is 10.2. The van der Waals surface area contributed by atoms with Crippen molar-refractivity contribution in [3.8, 4) is 0 Å². The number of nitrogens with one attached hydrogen (secondary N) is 1. The molecule has 2 aromatic rings. The third kappa shape index (κ3) is 3.89. The highest BCUT2D eigenvalue weighted by Crippen LogP contribution is 2.25. The minimum atomic E-state index is -0.862. The average molecular weight is 295 g/mol. The fraction of sp³-hybridized carbons (Fsp3) is 0.375. The molecule has 0 saturated heterocycles. The van der Waals surface area contributed by atoms with Crippen molar-refractivity contribution >= 4 is 0 Å². The van der Waals surface area contributed by atoms with Crippen LogP contribution in [-0.4, -0.2) is 13.7 Å². The van der Waals surface area contributed by atoms with Gasteiger partial charge in [-0.2, -0.15) is 0 Å². The fourth-order valence-electron chi connectivity index (χ4n) is 2.13. The summed E-state index contributed by atoms with van der Waals surface area (Å²) in [5.41, 5.74) is 0.626. The summed E-state index contributed by atoms with van der Waals surface area (Å²) in [4.78, 5) is 0. The van der Waals surface area contributed by atoms with Crippen molar-refractivity contribution in [2.75, 3.05) is 13.7 Å². The average Bonchev–Trinajstić information content (AvgIpc) is 2.92. The Morgan fingerprint density at radius 2 is 2.00 bits per heavy atom. The van der Waals surface area contributed by atoms with Gasteiger partial charge in [0.2, 0.25) is 0 Å². The molecule has 21 heavy (non-hydrogen) atoms. The van der Waals surface area contributed by atoms with E-state index >= 15 is 0 Å². The van der Waals surface area contributed by atoms with E-state index in [1.165, 1.54) is 6.07 Å². The molecule has 1 N–H and O–H groups in total. The van der Waals surface area contributed by atoms with Crippen molar-refractivity contribution < 1.29 is 17.9 Å². The summed E-state index contributed by atoms with van der Waals surface area (Å²) in [5, 5.41) is 3.28. The van der Waals surface area contributed by atoms with E-state index in [1.807, 2.05) is 19.1 Å². The van der Waals surface area contributed by atoms with Crippen LogP contribution in [0.3, 0.4) is 0 Å². The van der Waals surface area contributed by atoms with Crippen molar-refractivity contribution in [3.05, 3.63) is 59.1 Å². The molecule has 0 saturated carbocycles. The lowest BCUT2D eigenvalue weighted by Gasteiger charge is -2.17. The van der Waals surface area contributed by atoms with Gasteiger partial charge < -0.3 is 14.5 Å². The molecule has 0 bridgehead atoms. The largest absolute Gasteiger partial charge is 0.462 e. The normalized spacial score (nSPS) is 12.6. The minimum absolute atomic E-state index is 0.314. The second kappa shape index (κ2) is 7.33. The molecule has 0 aliphatic carbocycles. The molecule has 5 heteroatoms. The lowest BCUT2D eigenvalue weighted by atomic mass is 10.0. The first-order valence-electron chi connectivity index (χ1n) is 6.91. The molecule has 1 aromatic heterocycles. The third-order valence-corrected chi connectivity index (χ3v) is 3.13. The molecule has 3 nitrogen and oxygen atoms in total. The summed E-state index contributed by atoms with van der Waals surface area (Å²) < 4.78 is 37.3. The van der Waals surface area contributed by atoms with Gasteiger partial charge in [-0.25, -0.2) is 8.78 Å². The molecule has 1 aromatic carbocycles. The molecule has 2 rings (SSSR count). The first kappa shape index (κ1) is 15.7. The Labute approximate surface area is 122 Å². The summed E-state index contributed by atoms with van der Waals surface area (Å²) >= 11 is 0. The predicted octanol–water partition coefficient (Wildman–Crippen LogP) is 3.79. The number of furan rings is 1. The standard InChI is InChI=1S/C16H19F2NO2/c1-3-8-19-16(11-4-6-13(17)14(18)9-11)15-7-5-12(21-15)10-20-2/h4-7,9,16,19H,3,8,10H2,1-2H3. The highest BCUT2D eigenvalue weighted by Gasteiger charge is 2.19. The van der Waals surface area contributed by atoms with Crippen LogP contribution in [0, 0.1) is 11.6 Å². The van der Waals surface area contributed by atoms with Crippen molar-refractivity contribution in [3.63, 3.8) is 0 Å². The van der Waals surface area contributed by atoms with Crippen molar-refractivity contribution in [1.29, 1.82) is 0 Å². The molecule has 0 spiro atoms. The van der Waals surface area contributed by atoms with Crippen LogP contribution in [0.1, 0.15) is 36.5 Å². The van der Waals surface area contributed by atoms with Gasteiger partial charge >= 0.3 is 0 Å². The van der Waals surface area contributed by atoms with E-state index in [2.05, 4.69) is 5.32 Å². The highest BCUT2D eigenvalue weighted by molar-refractivity contribution is 5.28. The zero-order chi connectivity index (χ0) is 15.2. The number of hydrogen-bond acceptors (Lipinski definition) is 3. The van der Waals surface area contributed by atoms with Gasteiger partial charge in [-0.3, -0.25) is 0 Å². The van der Waals surface area contributed by atoms with E-state index in [0.29, 0.717) is 23.7 Å². The van der Waals surface area contributed by atoms with Gasteiger partial charge in [0.25, 0.3) is 0 Å². The maximum atomic E-state index is 13.5. The summed E-state index contributed by atoms with van der Waals surface area (Å²) in [7, 11) is 1.59. The molecular weight excluding hydrogens is 276 g/mol. The van der Waals surface area contributed by atoms with Crippen LogP contribution in [0.5, 0.6) is 0 Å². The lowest BCUT2D eigenvalue weighted by Crippen LogP contribution is -2.23. The van der Waals surface area contributed by atoms with E-state index in [1.54, 1.807) is 13.2 Å². The Balaban J connectivity index is 2.29. The number of ether oxygens (including phenoxy) is 1. The lowest BCUT2D eigenvalue weighted by molar-refractivity contribution is 0.162. The second-order valence-corrected chi connectivity index (χ2v) is 4.80. The van der Waals surface area contributed by atoms with Crippen LogP contribution in [-0.2, 0) is 11.3 Å². The summed E-state index contributed by atoms with van der Waals surface area (Å²) in [6.45, 7) is 3.15. The zero-order valence-corrected chi connectivity index (χ0v) is 12.2. The smallest absolute Gasteiger partial charge is 0.159 e. The van der Waals surface area contributed by atoms with Crippen molar-refractivity contribution in [2.24, 2.45) is 0 Å². The third-order valence-electron chi connectivity index (χ3n) is 3.13. The van der Waals surface area contributed by atoms with Gasteiger partial charge in [0.05, 0.1) is 6.04 Å². The van der Waals surface area contributed by atoms with Gasteiger partial charge in [0.1, 0.15) is 18.1 Å². The Morgan fingerprint density at radius 1 is 1.19 bits per heavy atom. The number of hydrogen-bond donors (Lipinski definition) is 1. The van der Waals surface area contributed by atoms with E-state index in [9.17, 15) is 8.78 Å². The Morgan fingerprint density at radius 3 is 2.67 bits per heavy atom. The molecule has 1 unspecified atom stereocenters. The van der Waals surface area contributed by atoms with Crippen LogP contribution >= 0.6 is 0 Å². The van der Waals surface area contributed by atoms with Crippen molar-refractivity contribution in [2.45, 2.75) is 26.0 Å². The molecule has 1 heterocycles. The molecular formula is C16H19F2NO2. The van der Waals surface area contributed by atoms with E-state index in [-0.39, 0.29) is 6.04 Å². The van der Waals surface area contributed by atoms with Gasteiger partial charge in [-0.1, -0.05) is 13.0 Å². The molecule has 0 aliphatic rings. The number of rotatable bonds is 7. The van der Waals surface area contributed by atoms with Gasteiger partial charge in [0.15, 0.2) is 11.6 Å². The van der Waals surface area contributed by atoms with Crippen LogP contribution in [0.15, 0.2) is 34.7 Å². The first-order valence-corrected chi connectivity index (χ1v) is 6.91. The SMILES string of the molecule is CCCNC(c1ccc(F)c(F)c1)c1ccc(COC)o1. The molecule has 0 radical (unpaired) electrons. The van der Waals surface area contributed by atoms with Gasteiger partial charge in [-0.05, 0) is 42.8 Å². The van der Waals surface area contributed by atoms with Gasteiger partial charge in [0, 0.05) is 7.11 Å². The summed E-state index contributed by atoms with van der Waals surface area (Å²) in [5.74, 6) is -0.369. The van der Waals surface area contributed by atoms with Crippen LogP contribution < -0.4 is 5.32 Å². The number of benzene rings is 1. The Bertz CT molecular complexity index is 583. The van der Waals surface area contributed by atoms with Crippen molar-refractivity contribution in [1.82, 2.24) is 5.32 Å². The maximum Gasteiger partial charge on any atom is 0.159 e. The number of halogens is 2. The number of methoxy groups -OCH3 is 1. The fourth-order valence-corrected chi connectivity index (χ4v) is 2.13. The highest BCUT2D eigenvalue weighted by atomic mass is 19.2. The molecule has 0 fully saturated rings.